The zero-order valence-corrected chi connectivity index (χ0v) is 52.3. The zero-order chi connectivity index (χ0) is 57.8. The molecule has 0 aromatic rings. The van der Waals surface area contributed by atoms with E-state index in [2.05, 4.69) is 142 Å². The molecule has 0 aliphatic heterocycles. The van der Waals surface area contributed by atoms with E-state index in [-0.39, 0.29) is 31.1 Å². The monoisotopic (exact) mass is 1110 g/mol. The number of carbonyl (C=O) groups is 3. The Morgan fingerprint density at radius 3 is 0.775 bits per heavy atom. The average Bonchev–Trinajstić information content (AvgIpc) is 3.46. The number of rotatable bonds is 60. The van der Waals surface area contributed by atoms with E-state index in [4.69, 9.17) is 14.2 Å². The molecule has 0 aromatic heterocycles. The minimum Gasteiger partial charge on any atom is -0.462 e. The van der Waals surface area contributed by atoms with Gasteiger partial charge >= 0.3 is 17.9 Å². The third kappa shape index (κ3) is 64.6. The standard InChI is InChI=1S/C74H124O6/c1-4-7-10-13-16-19-22-25-27-29-31-33-34-35-36-37-38-39-40-41-43-44-46-49-52-55-58-61-64-67-73(76)79-70-71(69-78-72(75)66-63-60-57-54-51-48-24-21-18-15-12-9-6-3)80-74(77)68-65-62-59-56-53-50-47-45-42-32-30-28-26-23-20-17-14-11-8-5-2/h7,9-10,12,16,18-19,21,25,27,31,33,35-36,38-39,41,43,48,51,71H,4-6,8,11,13-15,17,20,22-24,26,28-30,32,34,37,40,42,44-47,49-50,52-70H2,1-3H3/b10-7-,12-9-,19-16-,21-18-,27-25-,33-31-,36-35-,39-38-,43-41-,51-48-. The maximum Gasteiger partial charge on any atom is 0.306 e. The van der Waals surface area contributed by atoms with Crippen molar-refractivity contribution >= 4 is 17.9 Å². The molecule has 0 N–H and O–H groups in total. The van der Waals surface area contributed by atoms with Gasteiger partial charge in [0.2, 0.25) is 0 Å². The predicted octanol–water partition coefficient (Wildman–Crippen LogP) is 23.2. The number of hydrogen-bond acceptors (Lipinski definition) is 6. The molecule has 0 aromatic carbocycles. The van der Waals surface area contributed by atoms with Gasteiger partial charge in [-0.15, -0.1) is 0 Å². The first-order valence-corrected chi connectivity index (χ1v) is 33.5. The molecule has 0 fully saturated rings. The van der Waals surface area contributed by atoms with Crippen LogP contribution in [0.25, 0.3) is 0 Å². The van der Waals surface area contributed by atoms with Crippen molar-refractivity contribution in [3.05, 3.63) is 122 Å². The Morgan fingerprint density at radius 1 is 0.263 bits per heavy atom. The summed E-state index contributed by atoms with van der Waals surface area (Å²) < 4.78 is 16.9. The zero-order valence-electron chi connectivity index (χ0n) is 52.3. The van der Waals surface area contributed by atoms with Crippen molar-refractivity contribution in [3.8, 4) is 0 Å². The van der Waals surface area contributed by atoms with Crippen LogP contribution in [0.4, 0.5) is 0 Å². The quantitative estimate of drug-likeness (QED) is 0.0261. The number of unbranched alkanes of at least 4 members (excludes halogenated alkanes) is 29. The van der Waals surface area contributed by atoms with Gasteiger partial charge in [-0.25, -0.2) is 0 Å². The van der Waals surface area contributed by atoms with Crippen LogP contribution < -0.4 is 0 Å². The van der Waals surface area contributed by atoms with Crippen LogP contribution in [0.1, 0.15) is 310 Å². The highest BCUT2D eigenvalue weighted by Crippen LogP contribution is 2.17. The molecule has 0 amide bonds. The van der Waals surface area contributed by atoms with Crippen LogP contribution in [0, 0.1) is 0 Å². The van der Waals surface area contributed by atoms with Gasteiger partial charge in [0.1, 0.15) is 13.2 Å². The van der Waals surface area contributed by atoms with Crippen molar-refractivity contribution < 1.29 is 28.6 Å². The normalized spacial score (nSPS) is 12.9. The van der Waals surface area contributed by atoms with Crippen molar-refractivity contribution in [2.45, 2.75) is 316 Å². The Hall–Kier alpha value is -4.19. The summed E-state index contributed by atoms with van der Waals surface area (Å²) in [7, 11) is 0. The summed E-state index contributed by atoms with van der Waals surface area (Å²) in [5, 5.41) is 0. The van der Waals surface area contributed by atoms with E-state index in [0.717, 1.165) is 135 Å². The van der Waals surface area contributed by atoms with Crippen LogP contribution in [-0.2, 0) is 28.6 Å². The van der Waals surface area contributed by atoms with E-state index in [0.29, 0.717) is 19.3 Å². The number of ether oxygens (including phenoxy) is 3. The Balaban J connectivity index is 4.34. The third-order valence-electron chi connectivity index (χ3n) is 14.2. The van der Waals surface area contributed by atoms with Crippen molar-refractivity contribution in [2.75, 3.05) is 13.2 Å². The first kappa shape index (κ1) is 75.8. The Morgan fingerprint density at radius 2 is 0.487 bits per heavy atom. The topological polar surface area (TPSA) is 78.9 Å². The van der Waals surface area contributed by atoms with Crippen molar-refractivity contribution in [1.82, 2.24) is 0 Å². The van der Waals surface area contributed by atoms with Gasteiger partial charge in [-0.2, -0.15) is 0 Å². The maximum atomic E-state index is 12.9. The van der Waals surface area contributed by atoms with Gasteiger partial charge in [0.25, 0.3) is 0 Å². The summed E-state index contributed by atoms with van der Waals surface area (Å²) in [6.45, 7) is 6.41. The number of esters is 3. The lowest BCUT2D eigenvalue weighted by Gasteiger charge is -2.18. The molecule has 0 heterocycles. The summed E-state index contributed by atoms with van der Waals surface area (Å²) in [5.74, 6) is -0.924. The van der Waals surface area contributed by atoms with Gasteiger partial charge in [0, 0.05) is 19.3 Å². The highest BCUT2D eigenvalue weighted by Gasteiger charge is 2.19. The molecule has 1 atom stereocenters. The second kappa shape index (κ2) is 67.3. The SMILES string of the molecule is CC/C=C\C/C=C\C/C=C\C/C=C\C/C=C\C/C=C\C/C=C\CCCCCCCCCC(=O)OCC(COC(=O)CCCCC/C=C\C/C=C\C/C=C\CC)OC(=O)CCCCCCCCCCCCCCCCCCCCCC. The summed E-state index contributed by atoms with van der Waals surface area (Å²) in [5.41, 5.74) is 0. The predicted molar refractivity (Wildman–Crippen MR) is 348 cm³/mol. The first-order chi connectivity index (χ1) is 39.5. The molecule has 0 bridgehead atoms. The molecule has 6 nitrogen and oxygen atoms in total. The van der Waals surface area contributed by atoms with Crippen LogP contribution >= 0.6 is 0 Å². The highest BCUT2D eigenvalue weighted by atomic mass is 16.6. The summed E-state index contributed by atoms with van der Waals surface area (Å²) in [6.07, 6.45) is 93.6. The molecule has 80 heavy (non-hydrogen) atoms. The second-order valence-corrected chi connectivity index (χ2v) is 22.0. The van der Waals surface area contributed by atoms with Crippen molar-refractivity contribution in [2.24, 2.45) is 0 Å². The molecule has 0 saturated heterocycles. The fourth-order valence-electron chi connectivity index (χ4n) is 9.26. The van der Waals surface area contributed by atoms with Crippen molar-refractivity contribution in [3.63, 3.8) is 0 Å². The van der Waals surface area contributed by atoms with Crippen LogP contribution in [0.3, 0.4) is 0 Å². The molecular formula is C74H124O6. The van der Waals surface area contributed by atoms with Crippen LogP contribution in [0.2, 0.25) is 0 Å². The van der Waals surface area contributed by atoms with Crippen molar-refractivity contribution in [1.29, 1.82) is 0 Å². The molecule has 0 rings (SSSR count). The number of allylic oxidation sites excluding steroid dienone is 20. The first-order valence-electron chi connectivity index (χ1n) is 33.5. The van der Waals surface area contributed by atoms with Gasteiger partial charge in [-0.1, -0.05) is 303 Å². The molecule has 1 unspecified atom stereocenters. The van der Waals surface area contributed by atoms with Gasteiger partial charge in [0.15, 0.2) is 6.10 Å². The summed E-state index contributed by atoms with van der Waals surface area (Å²) in [4.78, 5) is 38.3. The lowest BCUT2D eigenvalue weighted by atomic mass is 10.0. The Bertz CT molecular complexity index is 1650. The van der Waals surface area contributed by atoms with Gasteiger partial charge < -0.3 is 14.2 Å². The molecule has 456 valence electrons. The minimum atomic E-state index is -0.797. The number of carbonyl (C=O) groups excluding carboxylic acids is 3. The number of hydrogen-bond donors (Lipinski definition) is 0. The van der Waals surface area contributed by atoms with E-state index < -0.39 is 6.10 Å². The van der Waals surface area contributed by atoms with Crippen LogP contribution in [-0.4, -0.2) is 37.2 Å². The van der Waals surface area contributed by atoms with Gasteiger partial charge in [-0.05, 0) is 109 Å². The maximum absolute atomic E-state index is 12.9. The fourth-order valence-corrected chi connectivity index (χ4v) is 9.26. The van der Waals surface area contributed by atoms with Gasteiger partial charge in [-0.3, -0.25) is 14.4 Å². The molecular weight excluding hydrogens is 985 g/mol. The molecule has 6 heteroatoms. The molecule has 0 aliphatic rings. The summed E-state index contributed by atoms with van der Waals surface area (Å²) in [6, 6.07) is 0. The fraction of sp³-hybridized carbons (Fsp3) is 0.689. The minimum absolute atomic E-state index is 0.0933. The second-order valence-electron chi connectivity index (χ2n) is 22.0. The molecule has 0 radical (unpaired) electrons. The van der Waals surface area contributed by atoms with Crippen LogP contribution in [0.5, 0.6) is 0 Å². The molecule has 0 spiro atoms. The third-order valence-corrected chi connectivity index (χ3v) is 14.2. The van der Waals surface area contributed by atoms with Gasteiger partial charge in [0.05, 0.1) is 0 Å². The molecule has 0 aliphatic carbocycles. The lowest BCUT2D eigenvalue weighted by molar-refractivity contribution is -0.167. The smallest absolute Gasteiger partial charge is 0.306 e. The summed E-state index contributed by atoms with van der Waals surface area (Å²) >= 11 is 0. The highest BCUT2D eigenvalue weighted by molar-refractivity contribution is 5.71. The molecule has 0 saturated carbocycles. The van der Waals surface area contributed by atoms with E-state index in [1.807, 2.05) is 0 Å². The van der Waals surface area contributed by atoms with Crippen LogP contribution in [0.15, 0.2) is 122 Å². The van der Waals surface area contributed by atoms with E-state index in [1.54, 1.807) is 0 Å². The van der Waals surface area contributed by atoms with E-state index >= 15 is 0 Å². The largest absolute Gasteiger partial charge is 0.462 e. The van der Waals surface area contributed by atoms with E-state index in [9.17, 15) is 14.4 Å². The van der Waals surface area contributed by atoms with E-state index in [1.165, 1.54) is 135 Å². The average molecular weight is 1110 g/mol. The Kier molecular flexibility index (Phi) is 63.8. The lowest BCUT2D eigenvalue weighted by Crippen LogP contribution is -2.30. The Labute approximate surface area is 494 Å².